The van der Waals surface area contributed by atoms with Crippen LogP contribution >= 0.6 is 0 Å². The Kier molecular flexibility index (Phi) is 2.95. The summed E-state index contributed by atoms with van der Waals surface area (Å²) >= 11 is 0. The van der Waals surface area contributed by atoms with Crippen LogP contribution in [0.1, 0.15) is 0 Å². The standard InChI is InChI=1S/C4H10FN3/c1-8(2)3-4(5)7-6/h3,7H,6H2,1-2H3/b4-3-. The fourth-order valence-electron chi connectivity index (χ4n) is 0.264. The van der Waals surface area contributed by atoms with Gasteiger partial charge in [-0.15, -0.1) is 0 Å². The molecule has 0 unspecified atom stereocenters. The molecule has 0 aromatic heterocycles. The topological polar surface area (TPSA) is 41.3 Å². The Hall–Kier alpha value is -0.770. The van der Waals surface area contributed by atoms with Gasteiger partial charge in [-0.05, 0) is 0 Å². The second kappa shape index (κ2) is 3.26. The van der Waals surface area contributed by atoms with Crippen molar-refractivity contribution >= 4 is 0 Å². The predicted octanol–water partition coefficient (Wildman–Crippen LogP) is -0.220. The van der Waals surface area contributed by atoms with E-state index >= 15 is 0 Å². The van der Waals surface area contributed by atoms with E-state index < -0.39 is 5.95 Å². The van der Waals surface area contributed by atoms with E-state index in [1.807, 2.05) is 5.43 Å². The van der Waals surface area contributed by atoms with Gasteiger partial charge in [0.2, 0.25) is 5.95 Å². The fourth-order valence-corrected chi connectivity index (χ4v) is 0.264. The molecule has 0 bridgehead atoms. The largest absolute Gasteiger partial charge is 0.380 e. The van der Waals surface area contributed by atoms with E-state index in [2.05, 4.69) is 0 Å². The van der Waals surface area contributed by atoms with E-state index in [1.165, 1.54) is 6.20 Å². The summed E-state index contributed by atoms with van der Waals surface area (Å²) in [7, 11) is 3.41. The average Bonchev–Trinajstić information content (AvgIpc) is 1.65. The van der Waals surface area contributed by atoms with Crippen molar-refractivity contribution in [2.24, 2.45) is 5.84 Å². The van der Waals surface area contributed by atoms with Crippen molar-refractivity contribution in [1.82, 2.24) is 10.3 Å². The Morgan fingerprint density at radius 1 is 1.75 bits per heavy atom. The van der Waals surface area contributed by atoms with Gasteiger partial charge in [0.15, 0.2) is 0 Å². The van der Waals surface area contributed by atoms with Crippen molar-refractivity contribution in [3.05, 3.63) is 12.2 Å². The molecule has 0 atom stereocenters. The van der Waals surface area contributed by atoms with Gasteiger partial charge in [0.1, 0.15) is 0 Å². The molecule has 0 heterocycles. The summed E-state index contributed by atoms with van der Waals surface area (Å²) in [5.41, 5.74) is 1.85. The Bertz CT molecular complexity index is 89.3. The number of hydrazine groups is 1. The van der Waals surface area contributed by atoms with Crippen LogP contribution in [0, 0.1) is 0 Å². The molecule has 48 valence electrons. The van der Waals surface area contributed by atoms with Gasteiger partial charge in [-0.3, -0.25) is 5.43 Å². The van der Waals surface area contributed by atoms with Crippen molar-refractivity contribution in [3.8, 4) is 0 Å². The number of nitrogens with one attached hydrogen (secondary N) is 1. The zero-order chi connectivity index (χ0) is 6.57. The summed E-state index contributed by atoms with van der Waals surface area (Å²) in [6.07, 6.45) is 1.24. The number of hydrogen-bond donors (Lipinski definition) is 2. The molecular weight excluding hydrogens is 109 g/mol. The van der Waals surface area contributed by atoms with Gasteiger partial charge < -0.3 is 4.90 Å². The third-order valence-electron chi connectivity index (χ3n) is 0.509. The zero-order valence-corrected chi connectivity index (χ0v) is 4.98. The molecule has 0 saturated carbocycles. The molecule has 0 aromatic carbocycles. The lowest BCUT2D eigenvalue weighted by molar-refractivity contribution is 0.484. The van der Waals surface area contributed by atoms with Gasteiger partial charge in [-0.25, -0.2) is 5.84 Å². The van der Waals surface area contributed by atoms with Gasteiger partial charge in [0.25, 0.3) is 0 Å². The Balaban J connectivity index is 3.56. The third kappa shape index (κ3) is 3.42. The molecule has 0 rings (SSSR count). The second-order valence-corrected chi connectivity index (χ2v) is 1.58. The first-order valence-electron chi connectivity index (χ1n) is 2.17. The van der Waals surface area contributed by atoms with Crippen LogP contribution in [0.25, 0.3) is 0 Å². The predicted molar refractivity (Wildman–Crippen MR) is 30.2 cm³/mol. The molecule has 4 heteroatoms. The molecular formula is C4H10FN3. The van der Waals surface area contributed by atoms with Crippen LogP contribution in [0.15, 0.2) is 12.2 Å². The summed E-state index contributed by atoms with van der Waals surface area (Å²) in [4.78, 5) is 1.55. The van der Waals surface area contributed by atoms with Crippen molar-refractivity contribution < 1.29 is 4.39 Å². The number of halogens is 1. The van der Waals surface area contributed by atoms with Gasteiger partial charge in [-0.2, -0.15) is 4.39 Å². The molecule has 0 aliphatic carbocycles. The van der Waals surface area contributed by atoms with Crippen LogP contribution in [-0.2, 0) is 0 Å². The molecule has 3 N–H and O–H groups in total. The Morgan fingerprint density at radius 3 is 2.38 bits per heavy atom. The maximum Gasteiger partial charge on any atom is 0.217 e. The molecule has 0 aliphatic heterocycles. The summed E-state index contributed by atoms with van der Waals surface area (Å²) in [5.74, 6) is 4.15. The number of nitrogens with zero attached hydrogens (tertiary/aromatic N) is 1. The molecule has 8 heavy (non-hydrogen) atoms. The summed E-state index contributed by atoms with van der Waals surface area (Å²) in [5, 5.41) is 0. The molecule has 0 amide bonds. The minimum absolute atomic E-state index is 0.546. The van der Waals surface area contributed by atoms with E-state index in [0.29, 0.717) is 0 Å². The van der Waals surface area contributed by atoms with Crippen molar-refractivity contribution in [3.63, 3.8) is 0 Å². The van der Waals surface area contributed by atoms with E-state index in [0.717, 1.165) is 0 Å². The van der Waals surface area contributed by atoms with Crippen molar-refractivity contribution in [1.29, 1.82) is 0 Å². The first-order valence-corrected chi connectivity index (χ1v) is 2.17. The van der Waals surface area contributed by atoms with Crippen LogP contribution in [-0.4, -0.2) is 19.0 Å². The fraction of sp³-hybridized carbons (Fsp3) is 0.500. The lowest BCUT2D eigenvalue weighted by Gasteiger charge is -2.03. The first-order chi connectivity index (χ1) is 3.66. The van der Waals surface area contributed by atoms with Crippen molar-refractivity contribution in [2.75, 3.05) is 14.1 Å². The maximum absolute atomic E-state index is 12.0. The monoisotopic (exact) mass is 119 g/mol. The number of hydrogen-bond acceptors (Lipinski definition) is 3. The average molecular weight is 119 g/mol. The minimum Gasteiger partial charge on any atom is -0.380 e. The maximum atomic E-state index is 12.0. The van der Waals surface area contributed by atoms with Crippen LogP contribution in [0.5, 0.6) is 0 Å². The lowest BCUT2D eigenvalue weighted by atomic mass is 10.8. The molecule has 0 aromatic rings. The molecule has 0 aliphatic rings. The van der Waals surface area contributed by atoms with Gasteiger partial charge >= 0.3 is 0 Å². The highest BCUT2D eigenvalue weighted by molar-refractivity contribution is 4.83. The Labute approximate surface area is 47.9 Å². The molecule has 0 radical (unpaired) electrons. The highest BCUT2D eigenvalue weighted by Crippen LogP contribution is 1.87. The Morgan fingerprint density at radius 2 is 2.25 bits per heavy atom. The molecule has 0 fully saturated rings. The molecule has 0 spiro atoms. The van der Waals surface area contributed by atoms with Gasteiger partial charge in [0, 0.05) is 14.1 Å². The second-order valence-electron chi connectivity index (χ2n) is 1.58. The quantitative estimate of drug-likeness (QED) is 0.300. The minimum atomic E-state index is -0.546. The SMILES string of the molecule is CN(C)/C=C(/F)NN. The summed E-state index contributed by atoms with van der Waals surface area (Å²) in [6.45, 7) is 0. The number of rotatable bonds is 2. The van der Waals surface area contributed by atoms with Crippen molar-refractivity contribution in [2.45, 2.75) is 0 Å². The highest BCUT2D eigenvalue weighted by atomic mass is 19.1. The third-order valence-corrected chi connectivity index (χ3v) is 0.509. The normalized spacial score (nSPS) is 11.2. The van der Waals surface area contributed by atoms with E-state index in [9.17, 15) is 4.39 Å². The molecule has 3 nitrogen and oxygen atoms in total. The lowest BCUT2D eigenvalue weighted by Crippen LogP contribution is -2.20. The van der Waals surface area contributed by atoms with Gasteiger partial charge in [0.05, 0.1) is 6.20 Å². The van der Waals surface area contributed by atoms with E-state index in [-0.39, 0.29) is 0 Å². The van der Waals surface area contributed by atoms with Crippen LogP contribution in [0.4, 0.5) is 4.39 Å². The molecule has 0 saturated heterocycles. The van der Waals surface area contributed by atoms with Crippen LogP contribution < -0.4 is 11.3 Å². The van der Waals surface area contributed by atoms with Crippen LogP contribution in [0.3, 0.4) is 0 Å². The van der Waals surface area contributed by atoms with E-state index in [4.69, 9.17) is 5.84 Å². The zero-order valence-electron chi connectivity index (χ0n) is 4.98. The van der Waals surface area contributed by atoms with Gasteiger partial charge in [-0.1, -0.05) is 0 Å². The van der Waals surface area contributed by atoms with E-state index in [1.54, 1.807) is 19.0 Å². The first kappa shape index (κ1) is 7.23. The smallest absolute Gasteiger partial charge is 0.217 e. The number of nitrogens with two attached hydrogens (primary N) is 1. The van der Waals surface area contributed by atoms with Crippen LogP contribution in [0.2, 0.25) is 0 Å². The summed E-state index contributed by atoms with van der Waals surface area (Å²) in [6, 6.07) is 0. The summed E-state index contributed by atoms with van der Waals surface area (Å²) < 4.78 is 12.0. The highest BCUT2D eigenvalue weighted by Gasteiger charge is 1.85.